The maximum Gasteiger partial charge on any atom is 0.321 e. The van der Waals surface area contributed by atoms with E-state index in [1.54, 1.807) is 12.4 Å². The third kappa shape index (κ3) is 4.16. The van der Waals surface area contributed by atoms with Gasteiger partial charge in [-0.15, -0.1) is 0 Å². The van der Waals surface area contributed by atoms with Gasteiger partial charge in [-0.1, -0.05) is 0 Å². The Hall–Kier alpha value is -2.14. The summed E-state index contributed by atoms with van der Waals surface area (Å²) in [5.41, 5.74) is 1.07. The summed E-state index contributed by atoms with van der Waals surface area (Å²) in [6.45, 7) is 3.42. The molecule has 0 aliphatic heterocycles. The van der Waals surface area contributed by atoms with Gasteiger partial charge < -0.3 is 14.8 Å². The maximum atomic E-state index is 5.61. The minimum absolute atomic E-state index is 0.356. The summed E-state index contributed by atoms with van der Waals surface area (Å²) < 4.78 is 11.0. The summed E-state index contributed by atoms with van der Waals surface area (Å²) in [5.74, 6) is 1.52. The lowest BCUT2D eigenvalue weighted by Gasteiger charge is -2.07. The number of benzene rings is 1. The molecule has 0 unspecified atom stereocenters. The topological polar surface area (TPSA) is 56.3 Å². The largest absolute Gasteiger partial charge is 0.494 e. The number of hydrogen-bond donors (Lipinski definition) is 1. The lowest BCUT2D eigenvalue weighted by atomic mass is 10.3. The maximum absolute atomic E-state index is 5.61. The van der Waals surface area contributed by atoms with Gasteiger partial charge in [-0.25, -0.2) is 9.97 Å². The number of ether oxygens (including phenoxy) is 2. The van der Waals surface area contributed by atoms with Gasteiger partial charge in [0, 0.05) is 30.5 Å². The molecule has 5 nitrogen and oxygen atoms in total. The molecule has 3 rings (SSSR count). The fourth-order valence-electron chi connectivity index (χ4n) is 1.91. The van der Waals surface area contributed by atoms with Gasteiger partial charge in [-0.05, 0) is 44.0 Å². The second-order valence-electron chi connectivity index (χ2n) is 5.04. The number of nitrogens with one attached hydrogen (secondary N) is 1. The van der Waals surface area contributed by atoms with Crippen LogP contribution in [0.3, 0.4) is 0 Å². The standard InChI is InChI=1S/C16H19N3O2/c1-2-20-14-5-7-15(8-6-14)21-16-18-10-12(11-19-16)9-17-13-3-4-13/h5-8,10-11,13,17H,2-4,9H2,1H3. The van der Waals surface area contributed by atoms with E-state index >= 15 is 0 Å². The molecule has 1 N–H and O–H groups in total. The first-order chi connectivity index (χ1) is 10.3. The first-order valence-electron chi connectivity index (χ1n) is 7.28. The normalized spacial score (nSPS) is 14.0. The van der Waals surface area contributed by atoms with Crippen LogP contribution in [-0.4, -0.2) is 22.6 Å². The van der Waals surface area contributed by atoms with E-state index in [0.717, 1.165) is 17.9 Å². The van der Waals surface area contributed by atoms with Crippen molar-refractivity contribution in [2.45, 2.75) is 32.4 Å². The molecule has 2 aromatic rings. The van der Waals surface area contributed by atoms with Crippen LogP contribution in [0.1, 0.15) is 25.3 Å². The van der Waals surface area contributed by atoms with E-state index in [0.29, 0.717) is 24.4 Å². The van der Waals surface area contributed by atoms with Crippen molar-refractivity contribution in [3.8, 4) is 17.5 Å². The smallest absolute Gasteiger partial charge is 0.321 e. The number of rotatable bonds is 7. The first-order valence-corrected chi connectivity index (χ1v) is 7.28. The van der Waals surface area contributed by atoms with Crippen molar-refractivity contribution in [3.05, 3.63) is 42.2 Å². The summed E-state index contributed by atoms with van der Waals surface area (Å²) in [5, 5.41) is 3.43. The Kier molecular flexibility index (Phi) is 4.31. The van der Waals surface area contributed by atoms with Gasteiger partial charge in [-0.2, -0.15) is 0 Å². The third-order valence-corrected chi connectivity index (χ3v) is 3.20. The fourth-order valence-corrected chi connectivity index (χ4v) is 1.91. The molecule has 1 heterocycles. The molecule has 1 aromatic carbocycles. The van der Waals surface area contributed by atoms with Crippen LogP contribution in [0.4, 0.5) is 0 Å². The van der Waals surface area contributed by atoms with Crippen LogP contribution < -0.4 is 14.8 Å². The van der Waals surface area contributed by atoms with E-state index in [9.17, 15) is 0 Å². The van der Waals surface area contributed by atoms with Crippen LogP contribution in [0.2, 0.25) is 0 Å². The van der Waals surface area contributed by atoms with E-state index in [-0.39, 0.29) is 0 Å². The van der Waals surface area contributed by atoms with Gasteiger partial charge in [0.05, 0.1) is 6.61 Å². The predicted octanol–water partition coefficient (Wildman–Crippen LogP) is 2.92. The van der Waals surface area contributed by atoms with Gasteiger partial charge in [-0.3, -0.25) is 0 Å². The molecule has 0 radical (unpaired) electrons. The highest BCUT2D eigenvalue weighted by molar-refractivity contribution is 5.32. The van der Waals surface area contributed by atoms with Crippen molar-refractivity contribution >= 4 is 0 Å². The minimum atomic E-state index is 0.356. The monoisotopic (exact) mass is 285 g/mol. The van der Waals surface area contributed by atoms with Crippen molar-refractivity contribution in [3.63, 3.8) is 0 Å². The molecular weight excluding hydrogens is 266 g/mol. The van der Waals surface area contributed by atoms with Crippen molar-refractivity contribution in [1.82, 2.24) is 15.3 Å². The van der Waals surface area contributed by atoms with E-state index in [1.807, 2.05) is 31.2 Å². The molecule has 0 amide bonds. The Morgan fingerprint density at radius 1 is 1.10 bits per heavy atom. The quantitative estimate of drug-likeness (QED) is 0.847. The highest BCUT2D eigenvalue weighted by Gasteiger charge is 2.19. The summed E-state index contributed by atoms with van der Waals surface area (Å²) in [4.78, 5) is 8.45. The number of hydrogen-bond acceptors (Lipinski definition) is 5. The lowest BCUT2D eigenvalue weighted by Crippen LogP contribution is -2.15. The van der Waals surface area contributed by atoms with E-state index in [2.05, 4.69) is 15.3 Å². The van der Waals surface area contributed by atoms with Crippen LogP contribution >= 0.6 is 0 Å². The molecule has 0 saturated heterocycles. The molecule has 5 heteroatoms. The second kappa shape index (κ2) is 6.54. The SMILES string of the molecule is CCOc1ccc(Oc2ncc(CNC3CC3)cn2)cc1. The van der Waals surface area contributed by atoms with Gasteiger partial charge in [0.2, 0.25) is 0 Å². The van der Waals surface area contributed by atoms with Crippen molar-refractivity contribution in [2.24, 2.45) is 0 Å². The Labute approximate surface area is 124 Å². The zero-order valence-corrected chi connectivity index (χ0v) is 12.1. The summed E-state index contributed by atoms with van der Waals surface area (Å²) >= 11 is 0. The molecule has 110 valence electrons. The average molecular weight is 285 g/mol. The Balaban J connectivity index is 1.56. The van der Waals surface area contributed by atoms with Crippen LogP contribution in [0, 0.1) is 0 Å². The van der Waals surface area contributed by atoms with Crippen LogP contribution in [0.15, 0.2) is 36.7 Å². The molecule has 1 aliphatic carbocycles. The second-order valence-corrected chi connectivity index (χ2v) is 5.04. The summed E-state index contributed by atoms with van der Waals surface area (Å²) in [6, 6.07) is 8.46. The Bertz CT molecular complexity index is 565. The Morgan fingerprint density at radius 3 is 2.38 bits per heavy atom. The molecule has 1 fully saturated rings. The molecule has 1 saturated carbocycles. The van der Waals surface area contributed by atoms with Crippen LogP contribution in [0.25, 0.3) is 0 Å². The van der Waals surface area contributed by atoms with Crippen molar-refractivity contribution < 1.29 is 9.47 Å². The third-order valence-electron chi connectivity index (χ3n) is 3.20. The van der Waals surface area contributed by atoms with E-state index < -0.39 is 0 Å². The molecule has 1 aromatic heterocycles. The molecule has 0 bridgehead atoms. The van der Waals surface area contributed by atoms with Gasteiger partial charge in [0.1, 0.15) is 11.5 Å². The minimum Gasteiger partial charge on any atom is -0.494 e. The van der Waals surface area contributed by atoms with Crippen molar-refractivity contribution in [1.29, 1.82) is 0 Å². The fraction of sp³-hybridized carbons (Fsp3) is 0.375. The van der Waals surface area contributed by atoms with Crippen LogP contribution in [0.5, 0.6) is 17.5 Å². The lowest BCUT2D eigenvalue weighted by molar-refractivity contribution is 0.339. The molecule has 21 heavy (non-hydrogen) atoms. The summed E-state index contributed by atoms with van der Waals surface area (Å²) in [6.07, 6.45) is 6.15. The summed E-state index contributed by atoms with van der Waals surface area (Å²) in [7, 11) is 0. The van der Waals surface area contributed by atoms with E-state index in [1.165, 1.54) is 12.8 Å². The van der Waals surface area contributed by atoms with E-state index in [4.69, 9.17) is 9.47 Å². The number of aromatic nitrogens is 2. The van der Waals surface area contributed by atoms with Gasteiger partial charge >= 0.3 is 6.01 Å². The average Bonchev–Trinajstić information content (AvgIpc) is 3.33. The molecule has 1 aliphatic rings. The Morgan fingerprint density at radius 2 is 1.76 bits per heavy atom. The van der Waals surface area contributed by atoms with Crippen molar-refractivity contribution in [2.75, 3.05) is 6.61 Å². The molecule has 0 atom stereocenters. The van der Waals surface area contributed by atoms with Gasteiger partial charge in [0.15, 0.2) is 0 Å². The molecule has 0 spiro atoms. The molecular formula is C16H19N3O2. The predicted molar refractivity (Wildman–Crippen MR) is 79.6 cm³/mol. The number of nitrogens with zero attached hydrogens (tertiary/aromatic N) is 2. The highest BCUT2D eigenvalue weighted by atomic mass is 16.5. The zero-order valence-electron chi connectivity index (χ0n) is 12.1. The zero-order chi connectivity index (χ0) is 14.5. The van der Waals surface area contributed by atoms with Gasteiger partial charge in [0.25, 0.3) is 0 Å². The van der Waals surface area contributed by atoms with Crippen LogP contribution in [-0.2, 0) is 6.54 Å². The first kappa shape index (κ1) is 13.8. The highest BCUT2D eigenvalue weighted by Crippen LogP contribution is 2.22.